The molecule has 1 aromatic carbocycles. The third-order valence-corrected chi connectivity index (χ3v) is 3.39. The summed E-state index contributed by atoms with van der Waals surface area (Å²) in [5.41, 5.74) is 0. The van der Waals surface area contributed by atoms with E-state index in [0.717, 1.165) is 5.75 Å². The van der Waals surface area contributed by atoms with Crippen LogP contribution in [-0.4, -0.2) is 22.8 Å². The van der Waals surface area contributed by atoms with Crippen molar-refractivity contribution >= 4 is 0 Å². The average molecular weight is 273 g/mol. The van der Waals surface area contributed by atoms with Crippen molar-refractivity contribution in [3.63, 3.8) is 0 Å². The molecule has 0 spiro atoms. The van der Waals surface area contributed by atoms with Crippen molar-refractivity contribution < 1.29 is 13.9 Å². The van der Waals surface area contributed by atoms with Gasteiger partial charge in [0, 0.05) is 6.04 Å². The van der Waals surface area contributed by atoms with Crippen LogP contribution in [0.2, 0.25) is 0 Å². The van der Waals surface area contributed by atoms with E-state index in [4.69, 9.17) is 13.9 Å². The highest BCUT2D eigenvalue weighted by atomic mass is 16.6. The SMILES string of the molecule is c1ccc2c(c1)OCC(c1nnc(CNC3CC3)o1)O2. The maximum absolute atomic E-state index is 5.83. The fraction of sp³-hybridized carbons (Fsp3) is 0.429. The van der Waals surface area contributed by atoms with E-state index in [1.54, 1.807) is 0 Å². The Hall–Kier alpha value is -2.08. The average Bonchev–Trinajstić information content (AvgIpc) is 3.21. The van der Waals surface area contributed by atoms with E-state index in [0.29, 0.717) is 36.7 Å². The molecule has 0 saturated heterocycles. The van der Waals surface area contributed by atoms with E-state index in [1.807, 2.05) is 24.3 Å². The van der Waals surface area contributed by atoms with E-state index in [-0.39, 0.29) is 6.10 Å². The zero-order valence-corrected chi connectivity index (χ0v) is 10.9. The number of ether oxygens (including phenoxy) is 2. The molecule has 1 aromatic heterocycles. The first-order valence-electron chi connectivity index (χ1n) is 6.82. The van der Waals surface area contributed by atoms with Crippen molar-refractivity contribution in [2.45, 2.75) is 31.5 Å². The summed E-state index contributed by atoms with van der Waals surface area (Å²) in [6.45, 7) is 0.997. The Morgan fingerprint density at radius 2 is 2.00 bits per heavy atom. The molecule has 20 heavy (non-hydrogen) atoms. The monoisotopic (exact) mass is 273 g/mol. The van der Waals surface area contributed by atoms with E-state index in [2.05, 4.69) is 15.5 Å². The molecular weight excluding hydrogens is 258 g/mol. The van der Waals surface area contributed by atoms with Gasteiger partial charge < -0.3 is 19.2 Å². The van der Waals surface area contributed by atoms with Crippen molar-refractivity contribution in [1.82, 2.24) is 15.5 Å². The Morgan fingerprint density at radius 3 is 2.85 bits per heavy atom. The lowest BCUT2D eigenvalue weighted by atomic mass is 10.2. The summed E-state index contributed by atoms with van der Waals surface area (Å²) in [6, 6.07) is 8.18. The normalized spacial score (nSPS) is 20.9. The van der Waals surface area contributed by atoms with Gasteiger partial charge in [-0.1, -0.05) is 12.1 Å². The molecule has 2 aromatic rings. The van der Waals surface area contributed by atoms with Gasteiger partial charge in [0.15, 0.2) is 11.5 Å². The summed E-state index contributed by atoms with van der Waals surface area (Å²) < 4.78 is 17.1. The molecule has 1 aliphatic heterocycles. The third-order valence-electron chi connectivity index (χ3n) is 3.39. The predicted octanol–water partition coefficient (Wildman–Crippen LogP) is 1.83. The molecule has 1 atom stereocenters. The largest absolute Gasteiger partial charge is 0.485 e. The van der Waals surface area contributed by atoms with Gasteiger partial charge in [-0.05, 0) is 25.0 Å². The Balaban J connectivity index is 1.45. The number of aromatic nitrogens is 2. The number of fused-ring (bicyclic) bond motifs is 1. The van der Waals surface area contributed by atoms with Crippen LogP contribution in [0.25, 0.3) is 0 Å². The number of benzene rings is 1. The van der Waals surface area contributed by atoms with Gasteiger partial charge in [0.2, 0.25) is 12.0 Å². The zero-order valence-electron chi connectivity index (χ0n) is 10.9. The summed E-state index contributed by atoms with van der Waals surface area (Å²) in [7, 11) is 0. The third kappa shape index (κ3) is 2.34. The first-order valence-corrected chi connectivity index (χ1v) is 6.82. The van der Waals surface area contributed by atoms with E-state index < -0.39 is 0 Å². The second kappa shape index (κ2) is 4.79. The maximum Gasteiger partial charge on any atom is 0.260 e. The van der Waals surface area contributed by atoms with Crippen molar-refractivity contribution in [3.8, 4) is 11.5 Å². The number of rotatable bonds is 4. The molecule has 1 saturated carbocycles. The summed E-state index contributed by atoms with van der Waals surface area (Å²) in [5, 5.41) is 11.4. The smallest absolute Gasteiger partial charge is 0.260 e. The molecule has 0 radical (unpaired) electrons. The molecule has 4 rings (SSSR count). The first-order chi connectivity index (χ1) is 9.88. The lowest BCUT2D eigenvalue weighted by Gasteiger charge is -2.23. The quantitative estimate of drug-likeness (QED) is 0.916. The van der Waals surface area contributed by atoms with E-state index in [9.17, 15) is 0 Å². The highest BCUT2D eigenvalue weighted by Crippen LogP contribution is 2.35. The minimum Gasteiger partial charge on any atom is -0.485 e. The van der Waals surface area contributed by atoms with Crippen molar-refractivity contribution in [2.24, 2.45) is 0 Å². The van der Waals surface area contributed by atoms with Gasteiger partial charge in [-0.25, -0.2) is 0 Å². The van der Waals surface area contributed by atoms with Gasteiger partial charge in [0.25, 0.3) is 5.89 Å². The summed E-state index contributed by atoms with van der Waals surface area (Å²) in [6.07, 6.45) is 2.13. The summed E-state index contributed by atoms with van der Waals surface area (Å²) >= 11 is 0. The van der Waals surface area contributed by atoms with Crippen LogP contribution < -0.4 is 14.8 Å². The lowest BCUT2D eigenvalue weighted by molar-refractivity contribution is 0.0702. The highest BCUT2D eigenvalue weighted by Gasteiger charge is 2.27. The van der Waals surface area contributed by atoms with Gasteiger partial charge in [-0.15, -0.1) is 10.2 Å². The van der Waals surface area contributed by atoms with Crippen LogP contribution in [0.3, 0.4) is 0 Å². The minimum absolute atomic E-state index is 0.341. The molecular formula is C14H15N3O3. The number of nitrogens with one attached hydrogen (secondary N) is 1. The van der Waals surface area contributed by atoms with E-state index >= 15 is 0 Å². The van der Waals surface area contributed by atoms with Crippen LogP contribution in [0.15, 0.2) is 28.7 Å². The summed E-state index contributed by atoms with van der Waals surface area (Å²) in [5.74, 6) is 2.51. The molecule has 1 unspecified atom stereocenters. The second-order valence-electron chi connectivity index (χ2n) is 5.05. The van der Waals surface area contributed by atoms with Crippen LogP contribution in [0.4, 0.5) is 0 Å². The Kier molecular flexibility index (Phi) is 2.81. The summed E-state index contributed by atoms with van der Waals surface area (Å²) in [4.78, 5) is 0. The number of hydrogen-bond donors (Lipinski definition) is 1. The second-order valence-corrected chi connectivity index (χ2v) is 5.05. The first kappa shape index (κ1) is 11.7. The lowest BCUT2D eigenvalue weighted by Crippen LogP contribution is -2.21. The molecule has 104 valence electrons. The van der Waals surface area contributed by atoms with Crippen LogP contribution in [0.1, 0.15) is 30.7 Å². The van der Waals surface area contributed by atoms with Crippen molar-refractivity contribution in [3.05, 3.63) is 36.0 Å². The van der Waals surface area contributed by atoms with Crippen LogP contribution in [0, 0.1) is 0 Å². The topological polar surface area (TPSA) is 69.4 Å². The molecule has 0 bridgehead atoms. The molecule has 1 fully saturated rings. The van der Waals surface area contributed by atoms with Crippen molar-refractivity contribution in [2.75, 3.05) is 6.61 Å². The standard InChI is InChI=1S/C14H15N3O3/c1-2-4-11-10(3-1)18-8-12(19-11)14-17-16-13(20-14)7-15-9-5-6-9/h1-4,9,12,15H,5-8H2. The molecule has 1 aliphatic carbocycles. The Bertz CT molecular complexity index is 609. The molecule has 6 nitrogen and oxygen atoms in total. The molecule has 1 N–H and O–H groups in total. The van der Waals surface area contributed by atoms with E-state index in [1.165, 1.54) is 12.8 Å². The molecule has 0 amide bonds. The van der Waals surface area contributed by atoms with Gasteiger partial charge in [-0.3, -0.25) is 0 Å². The Labute approximate surface area is 116 Å². The maximum atomic E-state index is 5.83. The number of hydrogen-bond acceptors (Lipinski definition) is 6. The van der Waals surface area contributed by atoms with Gasteiger partial charge in [-0.2, -0.15) is 0 Å². The van der Waals surface area contributed by atoms with Gasteiger partial charge >= 0.3 is 0 Å². The van der Waals surface area contributed by atoms with Gasteiger partial charge in [0.05, 0.1) is 6.54 Å². The molecule has 2 aliphatic rings. The highest BCUT2D eigenvalue weighted by molar-refractivity contribution is 5.40. The van der Waals surface area contributed by atoms with Gasteiger partial charge in [0.1, 0.15) is 6.61 Å². The predicted molar refractivity (Wildman–Crippen MR) is 69.5 cm³/mol. The minimum atomic E-state index is -0.341. The fourth-order valence-electron chi connectivity index (χ4n) is 2.13. The fourth-order valence-corrected chi connectivity index (χ4v) is 2.13. The molecule has 2 heterocycles. The number of para-hydroxylation sites is 2. The van der Waals surface area contributed by atoms with Crippen LogP contribution in [0.5, 0.6) is 11.5 Å². The van der Waals surface area contributed by atoms with Crippen LogP contribution in [-0.2, 0) is 6.54 Å². The Morgan fingerprint density at radius 1 is 1.15 bits per heavy atom. The zero-order chi connectivity index (χ0) is 13.4. The number of nitrogens with zero attached hydrogens (tertiary/aromatic N) is 2. The van der Waals surface area contributed by atoms with Crippen molar-refractivity contribution in [1.29, 1.82) is 0 Å². The molecule has 6 heteroatoms. The van der Waals surface area contributed by atoms with Crippen LogP contribution >= 0.6 is 0 Å².